The number of amides is 3. The zero-order chi connectivity index (χ0) is 44.2. The molecule has 8 heterocycles. The van der Waals surface area contributed by atoms with Crippen LogP contribution in [0.4, 0.5) is 20.3 Å². The molecule has 0 radical (unpaired) electrons. The van der Waals surface area contributed by atoms with Crippen LogP contribution < -0.4 is 21.2 Å². The first kappa shape index (κ1) is 42.0. The second kappa shape index (κ2) is 17.2. The Balaban J connectivity index is 0.709. The van der Waals surface area contributed by atoms with E-state index in [2.05, 4.69) is 42.5 Å². The van der Waals surface area contributed by atoms with Gasteiger partial charge in [0.25, 0.3) is 12.3 Å². The van der Waals surface area contributed by atoms with Gasteiger partial charge in [0, 0.05) is 52.0 Å². The molecule has 1 aromatic carbocycles. The summed E-state index contributed by atoms with van der Waals surface area (Å²) in [4.78, 5) is 60.6. The van der Waals surface area contributed by atoms with E-state index >= 15 is 0 Å². The van der Waals surface area contributed by atoms with Crippen molar-refractivity contribution in [1.29, 1.82) is 0 Å². The van der Waals surface area contributed by atoms with Crippen LogP contribution in [0.5, 0.6) is 0 Å². The number of para-hydroxylation sites is 1. The molecule has 17 nitrogen and oxygen atoms in total. The molecule has 5 aliphatic rings. The minimum Gasteiger partial charge on any atom is -0.374 e. The molecule has 4 saturated heterocycles. The highest BCUT2D eigenvalue weighted by Gasteiger charge is 2.40. The predicted octanol–water partition coefficient (Wildman–Crippen LogP) is 4.38. The van der Waals surface area contributed by atoms with E-state index in [-0.39, 0.29) is 66.1 Å². The topological polar surface area (TPSA) is 175 Å². The Kier molecular flexibility index (Phi) is 11.3. The Morgan fingerprint density at radius 3 is 2.61 bits per heavy atom. The van der Waals surface area contributed by atoms with Crippen LogP contribution in [0.1, 0.15) is 105 Å². The van der Waals surface area contributed by atoms with Crippen molar-refractivity contribution in [3.63, 3.8) is 0 Å². The number of likely N-dealkylation sites (tertiary alicyclic amines) is 1. The highest BCUT2D eigenvalue weighted by Crippen LogP contribution is 2.36. The van der Waals surface area contributed by atoms with Crippen molar-refractivity contribution in [2.24, 2.45) is 13.0 Å². The van der Waals surface area contributed by atoms with Crippen LogP contribution in [0.25, 0.3) is 16.7 Å². The van der Waals surface area contributed by atoms with Crippen molar-refractivity contribution in [3.8, 4) is 11.8 Å². The van der Waals surface area contributed by atoms with Crippen LogP contribution in [0.3, 0.4) is 0 Å². The average molecular weight is 880 g/mol. The molecule has 19 heteroatoms. The summed E-state index contributed by atoms with van der Waals surface area (Å²) in [6, 6.07) is 6.74. The minimum absolute atomic E-state index is 0.0111. The van der Waals surface area contributed by atoms with Crippen LogP contribution >= 0.6 is 0 Å². The van der Waals surface area contributed by atoms with Gasteiger partial charge in [0.05, 0.1) is 59.4 Å². The number of imide groups is 1. The van der Waals surface area contributed by atoms with Crippen LogP contribution in [0, 0.1) is 17.8 Å². The number of alkyl halides is 2. The maximum atomic E-state index is 14.3. The lowest BCUT2D eigenvalue weighted by Gasteiger charge is -2.36. The van der Waals surface area contributed by atoms with E-state index in [1.807, 2.05) is 25.1 Å². The van der Waals surface area contributed by atoms with E-state index in [0.29, 0.717) is 34.8 Å². The highest BCUT2D eigenvalue weighted by molar-refractivity contribution is 6.08. The zero-order valence-electron chi connectivity index (χ0n) is 35.8. The summed E-state index contributed by atoms with van der Waals surface area (Å²) in [5.74, 6) is 6.25. The van der Waals surface area contributed by atoms with Gasteiger partial charge in [-0.05, 0) is 82.4 Å². The Bertz CT molecular complexity index is 2730. The van der Waals surface area contributed by atoms with E-state index in [1.54, 1.807) is 24.0 Å². The molecule has 4 atom stereocenters. The maximum Gasteiger partial charge on any atom is 0.329 e. The average Bonchev–Trinajstić information content (AvgIpc) is 4.14. The first-order chi connectivity index (χ1) is 31.0. The first-order valence-corrected chi connectivity index (χ1v) is 22.3. The largest absolute Gasteiger partial charge is 0.374 e. The van der Waals surface area contributed by atoms with Crippen molar-refractivity contribution in [2.45, 2.75) is 108 Å². The Morgan fingerprint density at radius 2 is 1.88 bits per heavy atom. The standard InChI is InChI=1S/C45H51F2N11O6/c1-26(6-9-28-4-3-5-35-40(28)53(2)45(62)58(35)36-12-13-38(59)51-44(36)61)64-31-14-17-54(18-15-31)22-27-7-10-29(11-8-27)57-24-34(39(52-57)41(46)47)49-43(60)33-21-48-56-19-16-37(50-42(33)56)55-23-32-20-30(55)25-63-32/h3-5,16,19,21,24,26-27,29-32,36,41H,7-8,10-15,17-18,20,22-23,25H2,1-2H3,(H,49,60)(H,51,59,61)/t26-,27?,29?,30+,32+,36?/m0/s1. The van der Waals surface area contributed by atoms with Gasteiger partial charge in [0.2, 0.25) is 11.8 Å². The number of nitrogens with zero attached hydrogens (tertiary/aromatic N) is 9. The number of benzene rings is 1. The van der Waals surface area contributed by atoms with Crippen LogP contribution in [0.15, 0.2) is 47.7 Å². The molecule has 1 unspecified atom stereocenters. The second-order valence-corrected chi connectivity index (χ2v) is 17.8. The van der Waals surface area contributed by atoms with E-state index in [9.17, 15) is 28.0 Å². The monoisotopic (exact) mass is 879 g/mol. The normalized spacial score (nSPS) is 24.7. The summed E-state index contributed by atoms with van der Waals surface area (Å²) in [7, 11) is 1.66. The number of nitrogens with one attached hydrogen (secondary N) is 2. The maximum absolute atomic E-state index is 14.3. The number of rotatable bonds is 10. The van der Waals surface area contributed by atoms with Gasteiger partial charge in [-0.2, -0.15) is 10.2 Å². The molecule has 2 bridgehead atoms. The summed E-state index contributed by atoms with van der Waals surface area (Å²) >= 11 is 0. The third kappa shape index (κ3) is 8.07. The van der Waals surface area contributed by atoms with Gasteiger partial charge in [-0.25, -0.2) is 23.1 Å². The minimum atomic E-state index is -2.87. The fourth-order valence-corrected chi connectivity index (χ4v) is 10.4. The fourth-order valence-electron chi connectivity index (χ4n) is 10.4. The van der Waals surface area contributed by atoms with E-state index < -0.39 is 30.0 Å². The summed E-state index contributed by atoms with van der Waals surface area (Å²) in [6.45, 7) is 6.06. The van der Waals surface area contributed by atoms with Gasteiger partial charge < -0.3 is 24.6 Å². The van der Waals surface area contributed by atoms with Crippen molar-refractivity contribution >= 4 is 45.9 Å². The SMILES string of the molecule is C[C@@H](C#Cc1cccc2c1n(C)c(=O)n2C1CCC(=O)NC1=O)OC1CCN(CC2CCC(n3cc(NC(=O)c4cnn5ccc(N6C[C@H]7C[C@@H]6CO7)nc45)c(C(F)F)n3)CC2)CC1. The van der Waals surface area contributed by atoms with Crippen molar-refractivity contribution < 1.29 is 32.6 Å². The lowest BCUT2D eigenvalue weighted by molar-refractivity contribution is -0.135. The molecule has 1 aliphatic carbocycles. The van der Waals surface area contributed by atoms with Gasteiger partial charge in [-0.15, -0.1) is 0 Å². The second-order valence-electron chi connectivity index (χ2n) is 17.8. The van der Waals surface area contributed by atoms with Gasteiger partial charge in [-0.1, -0.05) is 17.9 Å². The number of halogens is 2. The third-order valence-corrected chi connectivity index (χ3v) is 13.7. The first-order valence-electron chi connectivity index (χ1n) is 22.3. The smallest absolute Gasteiger partial charge is 0.329 e. The molecule has 4 aliphatic heterocycles. The Labute approximate surface area is 367 Å². The number of imidazole rings is 1. The number of morpholine rings is 1. The van der Waals surface area contributed by atoms with Crippen molar-refractivity contribution in [1.82, 2.24) is 43.7 Å². The molecule has 10 rings (SSSR count). The molecule has 64 heavy (non-hydrogen) atoms. The van der Waals surface area contributed by atoms with Gasteiger partial charge >= 0.3 is 5.69 Å². The number of anilines is 2. The fraction of sp³-hybridized carbons (Fsp3) is 0.533. The zero-order valence-corrected chi connectivity index (χ0v) is 35.8. The molecule has 0 spiro atoms. The number of fused-ring (bicyclic) bond motifs is 4. The molecule has 336 valence electrons. The van der Waals surface area contributed by atoms with Crippen molar-refractivity contribution in [3.05, 3.63) is 70.2 Å². The number of carbonyl (C=O) groups is 3. The van der Waals surface area contributed by atoms with E-state index in [0.717, 1.165) is 76.9 Å². The van der Waals surface area contributed by atoms with Crippen LogP contribution in [-0.4, -0.2) is 113 Å². The summed E-state index contributed by atoms with van der Waals surface area (Å²) < 4.78 is 46.8. The van der Waals surface area contributed by atoms with E-state index in [1.165, 1.54) is 26.0 Å². The number of aromatic nitrogens is 7. The Morgan fingerprint density at radius 1 is 1.06 bits per heavy atom. The Hall–Kier alpha value is -5.97. The van der Waals surface area contributed by atoms with Crippen LogP contribution in [0.2, 0.25) is 0 Å². The summed E-state index contributed by atoms with van der Waals surface area (Å²) in [5, 5.41) is 13.6. The molecule has 3 amide bonds. The highest BCUT2D eigenvalue weighted by atomic mass is 19.3. The van der Waals surface area contributed by atoms with E-state index in [4.69, 9.17) is 14.5 Å². The number of hydrogen-bond acceptors (Lipinski definition) is 11. The summed E-state index contributed by atoms with van der Waals surface area (Å²) in [6.07, 6.45) is 8.32. The molecule has 5 fully saturated rings. The number of ether oxygens (including phenoxy) is 2. The lowest BCUT2D eigenvalue weighted by atomic mass is 9.85. The number of hydrogen-bond donors (Lipinski definition) is 2. The number of piperidine rings is 2. The van der Waals surface area contributed by atoms with Crippen LogP contribution in [-0.2, 0) is 26.1 Å². The summed E-state index contributed by atoms with van der Waals surface area (Å²) in [5.41, 5.74) is 1.61. The lowest BCUT2D eigenvalue weighted by Crippen LogP contribution is -2.44. The quantitative estimate of drug-likeness (QED) is 0.151. The molecule has 4 aromatic heterocycles. The molecular formula is C45H51F2N11O6. The molecule has 2 N–H and O–H groups in total. The number of aryl methyl sites for hydroxylation is 1. The molecule has 5 aromatic rings. The predicted molar refractivity (Wildman–Crippen MR) is 230 cm³/mol. The van der Waals surface area contributed by atoms with Gasteiger partial charge in [0.1, 0.15) is 23.5 Å². The number of carbonyl (C=O) groups excluding carboxylic acids is 3. The van der Waals surface area contributed by atoms with Gasteiger partial charge in [0.15, 0.2) is 11.3 Å². The third-order valence-electron chi connectivity index (χ3n) is 13.7. The van der Waals surface area contributed by atoms with Crippen molar-refractivity contribution in [2.75, 3.05) is 43.0 Å². The molecule has 1 saturated carbocycles. The molecular weight excluding hydrogens is 829 g/mol. The van der Waals surface area contributed by atoms with Gasteiger partial charge in [-0.3, -0.25) is 33.5 Å².